The molecule has 0 fully saturated rings. The van der Waals surface area contributed by atoms with Crippen LogP contribution in [0.25, 0.3) is 11.0 Å². The van der Waals surface area contributed by atoms with Gasteiger partial charge in [0.15, 0.2) is 5.65 Å². The summed E-state index contributed by atoms with van der Waals surface area (Å²) in [5.74, 6) is 0.0936. The van der Waals surface area contributed by atoms with Crippen LogP contribution in [-0.4, -0.2) is 19.3 Å². The molecule has 32 heavy (non-hydrogen) atoms. The Morgan fingerprint density at radius 3 is 2.38 bits per heavy atom. The van der Waals surface area contributed by atoms with E-state index in [2.05, 4.69) is 10.4 Å². The zero-order valence-electron chi connectivity index (χ0n) is 18.4. The first-order chi connectivity index (χ1) is 15.1. The van der Waals surface area contributed by atoms with Crippen LogP contribution >= 0.6 is 11.6 Å². The molecule has 2 heterocycles. The van der Waals surface area contributed by atoms with Crippen molar-refractivity contribution in [3.63, 3.8) is 0 Å². The maximum atomic E-state index is 13.5. The molecule has 0 aliphatic rings. The van der Waals surface area contributed by atoms with Gasteiger partial charge in [-0.25, -0.2) is 9.07 Å². The van der Waals surface area contributed by atoms with Crippen molar-refractivity contribution in [3.05, 3.63) is 87.0 Å². The summed E-state index contributed by atoms with van der Waals surface area (Å²) in [5, 5.41) is 8.89. The van der Waals surface area contributed by atoms with Gasteiger partial charge in [0.2, 0.25) is 5.95 Å². The van der Waals surface area contributed by atoms with Crippen molar-refractivity contribution in [2.24, 2.45) is 0 Å². The van der Waals surface area contributed by atoms with Crippen LogP contribution in [0, 0.1) is 5.82 Å². The molecule has 0 amide bonds. The Hall–Kier alpha value is -3.19. The molecular weight excluding hydrogens is 429 g/mol. The van der Waals surface area contributed by atoms with Crippen LogP contribution in [0.2, 0.25) is 5.02 Å². The molecule has 2 aromatic heterocycles. The number of hydrogen-bond acceptors (Lipinski definition) is 4. The predicted octanol–water partition coefficient (Wildman–Crippen LogP) is 5.36. The number of anilines is 1. The standard InChI is InChI=1S/C24H25ClFN5O/c1-15(17-7-9-18(25)10-8-17)28-23-29-21-20(13-27-31(21)24(2,3)4)22(32)30(23)14-16-5-11-19(26)12-6-16/h5-13,15H,14H2,1-4H3,(H,28,29). The van der Waals surface area contributed by atoms with Gasteiger partial charge in [-0.15, -0.1) is 0 Å². The fourth-order valence-electron chi connectivity index (χ4n) is 3.55. The molecule has 1 N–H and O–H groups in total. The average Bonchev–Trinajstić information content (AvgIpc) is 3.17. The molecule has 166 valence electrons. The van der Waals surface area contributed by atoms with Gasteiger partial charge in [0.05, 0.1) is 24.3 Å². The van der Waals surface area contributed by atoms with E-state index in [1.54, 1.807) is 27.6 Å². The lowest BCUT2D eigenvalue weighted by molar-refractivity contribution is 0.366. The number of benzene rings is 2. The van der Waals surface area contributed by atoms with Crippen LogP contribution in [-0.2, 0) is 12.1 Å². The van der Waals surface area contributed by atoms with E-state index in [-0.39, 0.29) is 29.5 Å². The van der Waals surface area contributed by atoms with Crippen molar-refractivity contribution in [3.8, 4) is 0 Å². The molecule has 1 atom stereocenters. The fraction of sp³-hybridized carbons (Fsp3) is 0.292. The third-order valence-electron chi connectivity index (χ3n) is 5.29. The first-order valence-corrected chi connectivity index (χ1v) is 10.8. The molecule has 0 aliphatic carbocycles. The lowest BCUT2D eigenvalue weighted by Gasteiger charge is -2.22. The third kappa shape index (κ3) is 4.39. The number of nitrogens with one attached hydrogen (secondary N) is 1. The number of halogens is 2. The van der Waals surface area contributed by atoms with Gasteiger partial charge in [-0.3, -0.25) is 9.36 Å². The monoisotopic (exact) mass is 453 g/mol. The average molecular weight is 454 g/mol. The Balaban J connectivity index is 1.83. The SMILES string of the molecule is CC(Nc1nc2c(cnn2C(C)(C)C)c(=O)n1Cc1ccc(F)cc1)c1ccc(Cl)cc1. The number of nitrogens with zero attached hydrogens (tertiary/aromatic N) is 4. The first kappa shape index (κ1) is 22.0. The van der Waals surface area contributed by atoms with Gasteiger partial charge in [0.25, 0.3) is 5.56 Å². The number of aromatic nitrogens is 4. The van der Waals surface area contributed by atoms with Gasteiger partial charge in [0, 0.05) is 5.02 Å². The predicted molar refractivity (Wildman–Crippen MR) is 126 cm³/mol. The zero-order chi connectivity index (χ0) is 23.0. The van der Waals surface area contributed by atoms with Crippen molar-refractivity contribution in [1.29, 1.82) is 0 Å². The van der Waals surface area contributed by atoms with Crippen LogP contribution < -0.4 is 10.9 Å². The normalized spacial score (nSPS) is 12.8. The van der Waals surface area contributed by atoms with E-state index >= 15 is 0 Å². The topological polar surface area (TPSA) is 64.7 Å². The van der Waals surface area contributed by atoms with E-state index in [1.807, 2.05) is 52.0 Å². The van der Waals surface area contributed by atoms with Crippen LogP contribution in [0.15, 0.2) is 59.5 Å². The number of hydrogen-bond donors (Lipinski definition) is 1. The summed E-state index contributed by atoms with van der Waals surface area (Å²) in [4.78, 5) is 18.3. The van der Waals surface area contributed by atoms with E-state index in [4.69, 9.17) is 16.6 Å². The molecule has 6 nitrogen and oxygen atoms in total. The Morgan fingerprint density at radius 2 is 1.75 bits per heavy atom. The molecule has 0 saturated carbocycles. The second-order valence-electron chi connectivity index (χ2n) is 8.84. The maximum absolute atomic E-state index is 13.5. The highest BCUT2D eigenvalue weighted by Crippen LogP contribution is 2.24. The van der Waals surface area contributed by atoms with Crippen LogP contribution in [0.5, 0.6) is 0 Å². The van der Waals surface area contributed by atoms with Gasteiger partial charge < -0.3 is 5.32 Å². The van der Waals surface area contributed by atoms with Gasteiger partial charge in [-0.2, -0.15) is 10.1 Å². The molecule has 2 aromatic carbocycles. The van der Waals surface area contributed by atoms with Gasteiger partial charge in [-0.05, 0) is 63.1 Å². The summed E-state index contributed by atoms with van der Waals surface area (Å²) in [6.45, 7) is 8.26. The summed E-state index contributed by atoms with van der Waals surface area (Å²) in [6, 6.07) is 13.5. The van der Waals surface area contributed by atoms with Crippen molar-refractivity contribution in [2.45, 2.75) is 45.8 Å². The van der Waals surface area contributed by atoms with Crippen molar-refractivity contribution >= 4 is 28.6 Å². The molecule has 0 saturated heterocycles. The first-order valence-electron chi connectivity index (χ1n) is 10.4. The van der Waals surface area contributed by atoms with E-state index in [9.17, 15) is 9.18 Å². The third-order valence-corrected chi connectivity index (χ3v) is 5.54. The second kappa shape index (κ2) is 8.39. The molecule has 8 heteroatoms. The Bertz CT molecular complexity index is 1300. The summed E-state index contributed by atoms with van der Waals surface area (Å²) >= 11 is 6.02. The lowest BCUT2D eigenvalue weighted by Crippen LogP contribution is -2.28. The molecule has 4 rings (SSSR count). The van der Waals surface area contributed by atoms with E-state index in [0.29, 0.717) is 22.0 Å². The summed E-state index contributed by atoms with van der Waals surface area (Å²) in [5.41, 5.74) is 1.76. The molecular formula is C24H25ClFN5O. The molecule has 0 aliphatic heterocycles. The summed E-state index contributed by atoms with van der Waals surface area (Å²) < 4.78 is 16.7. The van der Waals surface area contributed by atoms with Crippen LogP contribution in [0.4, 0.5) is 10.3 Å². The molecule has 4 aromatic rings. The summed E-state index contributed by atoms with van der Waals surface area (Å²) in [7, 11) is 0. The van der Waals surface area contributed by atoms with E-state index < -0.39 is 0 Å². The van der Waals surface area contributed by atoms with Crippen molar-refractivity contribution in [1.82, 2.24) is 19.3 Å². The van der Waals surface area contributed by atoms with Gasteiger partial charge >= 0.3 is 0 Å². The highest BCUT2D eigenvalue weighted by atomic mass is 35.5. The molecule has 1 unspecified atom stereocenters. The zero-order valence-corrected chi connectivity index (χ0v) is 19.2. The minimum atomic E-state index is -0.344. The molecule has 0 bridgehead atoms. The molecule has 0 spiro atoms. The van der Waals surface area contributed by atoms with E-state index in [0.717, 1.165) is 11.1 Å². The highest BCUT2D eigenvalue weighted by Gasteiger charge is 2.22. The van der Waals surface area contributed by atoms with Crippen LogP contribution in [0.3, 0.4) is 0 Å². The number of rotatable bonds is 5. The van der Waals surface area contributed by atoms with Gasteiger partial charge in [0.1, 0.15) is 11.2 Å². The Kier molecular flexibility index (Phi) is 5.77. The largest absolute Gasteiger partial charge is 0.349 e. The van der Waals surface area contributed by atoms with Gasteiger partial charge in [-0.1, -0.05) is 35.9 Å². The Morgan fingerprint density at radius 1 is 1.09 bits per heavy atom. The fourth-order valence-corrected chi connectivity index (χ4v) is 3.68. The number of fused-ring (bicyclic) bond motifs is 1. The Labute approximate surface area is 190 Å². The summed E-state index contributed by atoms with van der Waals surface area (Å²) in [6.07, 6.45) is 1.56. The maximum Gasteiger partial charge on any atom is 0.266 e. The van der Waals surface area contributed by atoms with Crippen LogP contribution in [0.1, 0.15) is 44.9 Å². The quantitative estimate of drug-likeness (QED) is 0.441. The second-order valence-corrected chi connectivity index (χ2v) is 9.27. The minimum absolute atomic E-state index is 0.137. The smallest absolute Gasteiger partial charge is 0.266 e. The minimum Gasteiger partial charge on any atom is -0.349 e. The van der Waals surface area contributed by atoms with Crippen molar-refractivity contribution in [2.75, 3.05) is 5.32 Å². The van der Waals surface area contributed by atoms with Crippen molar-refractivity contribution < 1.29 is 4.39 Å². The van der Waals surface area contributed by atoms with E-state index in [1.165, 1.54) is 12.1 Å². The lowest BCUT2D eigenvalue weighted by atomic mass is 10.1. The highest BCUT2D eigenvalue weighted by molar-refractivity contribution is 6.30. The molecule has 0 radical (unpaired) electrons.